The van der Waals surface area contributed by atoms with Crippen molar-refractivity contribution in [3.8, 4) is 22.3 Å². The maximum Gasteiger partial charge on any atom is 0.137 e. The SMILES string of the molecule is CC1(C)c2ccc(-c3ccc4c(c3)n3c5ccccc5c5ccc6c7ccccc7n4c6c53)cc2-c2ccc(N(c3ccc4ccccc4c3)c3ccc4c(c3)oc3ccccc34)cc21. The van der Waals surface area contributed by atoms with Crippen LogP contribution >= 0.6 is 0 Å². The molecule has 4 heterocycles. The number of nitrogens with zero attached hydrogens (tertiary/aromatic N) is 3. The van der Waals surface area contributed by atoms with E-state index < -0.39 is 0 Å². The summed E-state index contributed by atoms with van der Waals surface area (Å²) in [6.45, 7) is 4.76. The van der Waals surface area contributed by atoms with Crippen molar-refractivity contribution in [2.24, 2.45) is 0 Å². The predicted octanol–water partition coefficient (Wildman–Crippen LogP) is 16.7. The second-order valence-corrected chi connectivity index (χ2v) is 18.5. The van der Waals surface area contributed by atoms with Gasteiger partial charge in [0.2, 0.25) is 0 Å². The monoisotopic (exact) mass is 829 g/mol. The van der Waals surface area contributed by atoms with Gasteiger partial charge in [-0.05, 0) is 117 Å². The van der Waals surface area contributed by atoms with Gasteiger partial charge in [0.15, 0.2) is 0 Å². The quantitative estimate of drug-likeness (QED) is 0.165. The van der Waals surface area contributed by atoms with Gasteiger partial charge in [0.1, 0.15) is 11.2 Å². The Morgan fingerprint density at radius 3 is 1.75 bits per heavy atom. The summed E-state index contributed by atoms with van der Waals surface area (Å²) in [5.74, 6) is 0. The van der Waals surface area contributed by atoms with E-state index >= 15 is 0 Å². The molecule has 14 aromatic rings. The Labute approximate surface area is 373 Å². The van der Waals surface area contributed by atoms with E-state index in [-0.39, 0.29) is 5.41 Å². The Balaban J connectivity index is 0.903. The lowest BCUT2D eigenvalue weighted by Gasteiger charge is -2.28. The minimum Gasteiger partial charge on any atom is -0.456 e. The Kier molecular flexibility index (Phi) is 6.72. The van der Waals surface area contributed by atoms with Crippen LogP contribution in [-0.2, 0) is 5.41 Å². The average Bonchev–Trinajstić information content (AvgIpc) is 4.06. The molecule has 0 saturated heterocycles. The van der Waals surface area contributed by atoms with Crippen molar-refractivity contribution >= 4 is 104 Å². The molecule has 0 saturated carbocycles. The number of anilines is 3. The van der Waals surface area contributed by atoms with Crippen molar-refractivity contribution in [1.29, 1.82) is 0 Å². The van der Waals surface area contributed by atoms with Gasteiger partial charge in [0.05, 0.1) is 33.1 Å². The minimum absolute atomic E-state index is 0.215. The first-order valence-electron chi connectivity index (χ1n) is 22.6. The molecule has 1 aliphatic carbocycles. The molecular weight excluding hydrogens is 791 g/mol. The van der Waals surface area contributed by atoms with E-state index in [0.717, 1.165) is 39.0 Å². The van der Waals surface area contributed by atoms with Gasteiger partial charge in [0.25, 0.3) is 0 Å². The molecule has 0 fully saturated rings. The fourth-order valence-corrected chi connectivity index (χ4v) is 11.7. The summed E-state index contributed by atoms with van der Waals surface area (Å²) >= 11 is 0. The van der Waals surface area contributed by atoms with E-state index in [4.69, 9.17) is 4.42 Å². The highest BCUT2D eigenvalue weighted by molar-refractivity contribution is 6.25. The van der Waals surface area contributed by atoms with Crippen molar-refractivity contribution in [3.63, 3.8) is 0 Å². The summed E-state index contributed by atoms with van der Waals surface area (Å²) in [5.41, 5.74) is 20.0. The zero-order chi connectivity index (χ0) is 42.7. The predicted molar refractivity (Wildman–Crippen MR) is 272 cm³/mol. The van der Waals surface area contributed by atoms with E-state index in [9.17, 15) is 0 Å². The van der Waals surface area contributed by atoms with Crippen molar-refractivity contribution < 1.29 is 4.42 Å². The topological polar surface area (TPSA) is 25.2 Å². The maximum atomic E-state index is 6.45. The molecule has 4 nitrogen and oxygen atoms in total. The molecule has 0 atom stereocenters. The van der Waals surface area contributed by atoms with Crippen LogP contribution in [0.25, 0.3) is 110 Å². The third-order valence-corrected chi connectivity index (χ3v) is 14.8. The van der Waals surface area contributed by atoms with Crippen LogP contribution in [0.3, 0.4) is 0 Å². The van der Waals surface area contributed by atoms with Crippen LogP contribution in [-0.4, -0.2) is 8.80 Å². The smallest absolute Gasteiger partial charge is 0.137 e. The fourth-order valence-electron chi connectivity index (χ4n) is 11.7. The highest BCUT2D eigenvalue weighted by Gasteiger charge is 2.36. The molecule has 4 aromatic heterocycles. The van der Waals surface area contributed by atoms with Crippen molar-refractivity contribution in [2.75, 3.05) is 4.90 Å². The molecule has 0 unspecified atom stereocenters. The molecule has 0 bridgehead atoms. The lowest BCUT2D eigenvalue weighted by molar-refractivity contribution is 0.660. The number of rotatable bonds is 4. The first kappa shape index (κ1) is 35.2. The first-order chi connectivity index (χ1) is 32.0. The molecule has 304 valence electrons. The van der Waals surface area contributed by atoms with Gasteiger partial charge in [-0.25, -0.2) is 0 Å². The summed E-state index contributed by atoms with van der Waals surface area (Å²) in [6, 6.07) is 74.0. The van der Waals surface area contributed by atoms with Gasteiger partial charge in [-0.1, -0.05) is 135 Å². The summed E-state index contributed by atoms with van der Waals surface area (Å²) in [5, 5.41) is 9.84. The van der Waals surface area contributed by atoms with Gasteiger partial charge in [0, 0.05) is 60.9 Å². The second kappa shape index (κ2) is 12.4. The zero-order valence-electron chi connectivity index (χ0n) is 35.8. The number of para-hydroxylation sites is 3. The van der Waals surface area contributed by atoms with E-state index in [1.165, 1.54) is 98.8 Å². The van der Waals surface area contributed by atoms with E-state index in [1.807, 2.05) is 6.07 Å². The molecule has 1 aliphatic rings. The molecule has 0 radical (unpaired) electrons. The summed E-state index contributed by atoms with van der Waals surface area (Å²) in [7, 11) is 0. The van der Waals surface area contributed by atoms with Crippen LogP contribution in [0.1, 0.15) is 25.0 Å². The van der Waals surface area contributed by atoms with Gasteiger partial charge in [-0.3, -0.25) is 0 Å². The molecule has 10 aromatic carbocycles. The van der Waals surface area contributed by atoms with Crippen LogP contribution in [0.2, 0.25) is 0 Å². The van der Waals surface area contributed by atoms with Crippen molar-refractivity contribution in [2.45, 2.75) is 19.3 Å². The zero-order valence-corrected chi connectivity index (χ0v) is 35.8. The van der Waals surface area contributed by atoms with Crippen LogP contribution in [0, 0.1) is 0 Å². The Bertz CT molecular complexity index is 4350. The normalized spacial score (nSPS) is 13.5. The Morgan fingerprint density at radius 2 is 0.954 bits per heavy atom. The lowest BCUT2D eigenvalue weighted by Crippen LogP contribution is -2.16. The van der Waals surface area contributed by atoms with Crippen LogP contribution in [0.5, 0.6) is 0 Å². The van der Waals surface area contributed by atoms with Gasteiger partial charge < -0.3 is 18.1 Å². The number of hydrogen-bond acceptors (Lipinski definition) is 2. The lowest BCUT2D eigenvalue weighted by atomic mass is 9.82. The van der Waals surface area contributed by atoms with Crippen LogP contribution in [0.15, 0.2) is 205 Å². The van der Waals surface area contributed by atoms with E-state index in [2.05, 4.69) is 222 Å². The third kappa shape index (κ3) is 4.65. The average molecular weight is 830 g/mol. The van der Waals surface area contributed by atoms with Crippen molar-refractivity contribution in [1.82, 2.24) is 8.80 Å². The van der Waals surface area contributed by atoms with E-state index in [1.54, 1.807) is 0 Å². The molecule has 0 spiro atoms. The molecule has 0 aliphatic heterocycles. The molecular formula is C61H39N3O. The summed E-state index contributed by atoms with van der Waals surface area (Å²) in [6.07, 6.45) is 0. The summed E-state index contributed by atoms with van der Waals surface area (Å²) in [4.78, 5) is 2.39. The Hall–Kier alpha value is -8.34. The molecule has 15 rings (SSSR count). The standard InChI is InChI=1S/C61H39N3O/c1-61(2)51-29-20-38(39-21-30-55-56(33-39)64-54-17-9-6-14-45(54)49-28-27-48-44-13-5-8-16-53(44)63(55)59(48)60(49)64)32-50(51)43-25-23-41(34-52(43)61)62(40-22-19-36-11-3-4-12-37(36)31-40)42-24-26-47-46-15-7-10-18-57(46)65-58(47)35-42/h3-35H,1-2H3. The number of benzene rings is 10. The van der Waals surface area contributed by atoms with Crippen LogP contribution in [0.4, 0.5) is 17.1 Å². The van der Waals surface area contributed by atoms with Gasteiger partial charge in [-0.2, -0.15) is 0 Å². The maximum absolute atomic E-state index is 6.45. The molecule has 0 amide bonds. The first-order valence-corrected chi connectivity index (χ1v) is 22.6. The molecule has 4 heteroatoms. The number of aromatic nitrogens is 2. The molecule has 0 N–H and O–H groups in total. The largest absolute Gasteiger partial charge is 0.456 e. The number of fused-ring (bicyclic) bond motifs is 16. The van der Waals surface area contributed by atoms with Gasteiger partial charge >= 0.3 is 0 Å². The third-order valence-electron chi connectivity index (χ3n) is 14.8. The highest BCUT2D eigenvalue weighted by atomic mass is 16.3. The van der Waals surface area contributed by atoms with E-state index in [0.29, 0.717) is 0 Å². The summed E-state index contributed by atoms with van der Waals surface area (Å²) < 4.78 is 11.5. The Morgan fingerprint density at radius 1 is 0.369 bits per heavy atom. The fraction of sp³-hybridized carbons (Fsp3) is 0.0492. The molecule has 65 heavy (non-hydrogen) atoms. The van der Waals surface area contributed by atoms with Crippen molar-refractivity contribution in [3.05, 3.63) is 211 Å². The number of furan rings is 1. The van der Waals surface area contributed by atoms with Crippen LogP contribution < -0.4 is 4.90 Å². The second-order valence-electron chi connectivity index (χ2n) is 18.5. The number of hydrogen-bond donors (Lipinski definition) is 0. The minimum atomic E-state index is -0.215. The van der Waals surface area contributed by atoms with Gasteiger partial charge in [-0.15, -0.1) is 0 Å². The highest BCUT2D eigenvalue weighted by Crippen LogP contribution is 2.52.